The summed E-state index contributed by atoms with van der Waals surface area (Å²) in [5, 5.41) is 5.79. The van der Waals surface area contributed by atoms with Crippen LogP contribution in [-0.4, -0.2) is 9.97 Å². The lowest BCUT2D eigenvalue weighted by Crippen LogP contribution is -2.15. The molecule has 0 saturated carbocycles. The van der Waals surface area contributed by atoms with E-state index < -0.39 is 0 Å². The van der Waals surface area contributed by atoms with Crippen molar-refractivity contribution in [2.75, 3.05) is 5.32 Å². The maximum atomic E-state index is 11.4. The number of halogens is 1. The molecule has 4 rings (SSSR count). The highest BCUT2D eigenvalue weighted by Gasteiger charge is 2.21. The van der Waals surface area contributed by atoms with E-state index in [-0.39, 0.29) is 5.69 Å². The second-order valence-electron chi connectivity index (χ2n) is 5.35. The molecule has 3 aromatic rings. The summed E-state index contributed by atoms with van der Waals surface area (Å²) >= 11 is 5.43. The third-order valence-corrected chi connectivity index (χ3v) is 5.64. The minimum absolute atomic E-state index is 0.174. The van der Waals surface area contributed by atoms with E-state index in [1.807, 2.05) is 23.5 Å². The van der Waals surface area contributed by atoms with Gasteiger partial charge in [-0.05, 0) is 64.3 Å². The van der Waals surface area contributed by atoms with Gasteiger partial charge in [0.2, 0.25) is 0 Å². The molecule has 0 saturated heterocycles. The lowest BCUT2D eigenvalue weighted by molar-refractivity contribution is 0.608. The van der Waals surface area contributed by atoms with Gasteiger partial charge in [-0.25, -0.2) is 4.79 Å². The standard InChI is InChI=1S/C15H14BrN3OS/c16-9-6-12-13(19-15(20)18-12)7-11(9)17-10-2-1-3-14-8(10)4-5-21-14/h4-7,10,17H,1-3H2,(H2,18,19,20). The molecule has 1 unspecified atom stereocenters. The minimum atomic E-state index is -0.174. The number of aromatic amines is 2. The molecule has 1 atom stereocenters. The summed E-state index contributed by atoms with van der Waals surface area (Å²) in [5.74, 6) is 0. The third-order valence-electron chi connectivity index (χ3n) is 3.99. The van der Waals surface area contributed by atoms with Crippen molar-refractivity contribution in [1.29, 1.82) is 0 Å². The molecule has 1 aromatic carbocycles. The fourth-order valence-corrected chi connectivity index (χ4v) is 4.44. The van der Waals surface area contributed by atoms with Crippen LogP contribution in [0.3, 0.4) is 0 Å². The number of imidazole rings is 1. The van der Waals surface area contributed by atoms with Crippen molar-refractivity contribution >= 4 is 44.0 Å². The van der Waals surface area contributed by atoms with Crippen molar-refractivity contribution in [3.63, 3.8) is 0 Å². The largest absolute Gasteiger partial charge is 0.377 e. The zero-order valence-electron chi connectivity index (χ0n) is 11.2. The first-order valence-corrected chi connectivity index (χ1v) is 8.62. The molecular weight excluding hydrogens is 350 g/mol. The summed E-state index contributed by atoms with van der Waals surface area (Å²) < 4.78 is 0.965. The zero-order chi connectivity index (χ0) is 14.4. The molecule has 21 heavy (non-hydrogen) atoms. The molecule has 2 heterocycles. The van der Waals surface area contributed by atoms with E-state index in [9.17, 15) is 4.79 Å². The highest BCUT2D eigenvalue weighted by Crippen LogP contribution is 2.37. The predicted octanol–water partition coefficient (Wildman–Crippen LogP) is 4.17. The van der Waals surface area contributed by atoms with Gasteiger partial charge >= 0.3 is 5.69 Å². The maximum Gasteiger partial charge on any atom is 0.323 e. The summed E-state index contributed by atoms with van der Waals surface area (Å²) in [4.78, 5) is 18.5. The molecule has 0 aliphatic heterocycles. The average molecular weight is 364 g/mol. The summed E-state index contributed by atoms with van der Waals surface area (Å²) in [6.07, 6.45) is 3.54. The fraction of sp³-hybridized carbons (Fsp3) is 0.267. The maximum absolute atomic E-state index is 11.4. The Hall–Kier alpha value is -1.53. The smallest absolute Gasteiger partial charge is 0.323 e. The summed E-state index contributed by atoms with van der Waals surface area (Å²) in [7, 11) is 0. The van der Waals surface area contributed by atoms with E-state index in [4.69, 9.17) is 0 Å². The number of aromatic nitrogens is 2. The summed E-state index contributed by atoms with van der Waals surface area (Å²) in [6.45, 7) is 0. The van der Waals surface area contributed by atoms with Gasteiger partial charge in [-0.1, -0.05) is 0 Å². The van der Waals surface area contributed by atoms with Crippen LogP contribution < -0.4 is 11.0 Å². The summed E-state index contributed by atoms with van der Waals surface area (Å²) in [6, 6.07) is 6.49. The Labute approximate surface area is 133 Å². The molecule has 1 aliphatic carbocycles. The Morgan fingerprint density at radius 1 is 1.29 bits per heavy atom. The molecule has 1 aliphatic rings. The number of benzene rings is 1. The monoisotopic (exact) mass is 363 g/mol. The van der Waals surface area contributed by atoms with Crippen LogP contribution in [0.15, 0.2) is 32.8 Å². The normalized spacial score (nSPS) is 17.9. The number of nitrogens with one attached hydrogen (secondary N) is 3. The van der Waals surface area contributed by atoms with Gasteiger partial charge in [0, 0.05) is 9.35 Å². The molecule has 0 radical (unpaired) electrons. The van der Waals surface area contributed by atoms with Crippen LogP contribution in [0, 0.1) is 0 Å². The second kappa shape index (κ2) is 5.03. The molecular formula is C15H14BrN3OS. The number of hydrogen-bond acceptors (Lipinski definition) is 3. The van der Waals surface area contributed by atoms with E-state index in [0.717, 1.165) is 27.6 Å². The number of aryl methyl sites for hydroxylation is 1. The average Bonchev–Trinajstić information content (AvgIpc) is 3.05. The topological polar surface area (TPSA) is 60.7 Å². The number of fused-ring (bicyclic) bond motifs is 2. The minimum Gasteiger partial charge on any atom is -0.377 e. The van der Waals surface area contributed by atoms with E-state index in [1.54, 1.807) is 0 Å². The molecule has 6 heteroatoms. The van der Waals surface area contributed by atoms with Crippen molar-refractivity contribution in [3.05, 3.63) is 49.0 Å². The molecule has 0 bridgehead atoms. The van der Waals surface area contributed by atoms with Crippen molar-refractivity contribution < 1.29 is 0 Å². The lowest BCUT2D eigenvalue weighted by atomic mass is 9.94. The van der Waals surface area contributed by atoms with Crippen LogP contribution in [0.5, 0.6) is 0 Å². The van der Waals surface area contributed by atoms with Gasteiger partial charge in [-0.3, -0.25) is 0 Å². The number of thiophene rings is 1. The van der Waals surface area contributed by atoms with E-state index in [2.05, 4.69) is 42.7 Å². The highest BCUT2D eigenvalue weighted by atomic mass is 79.9. The van der Waals surface area contributed by atoms with Crippen LogP contribution in [0.1, 0.15) is 29.3 Å². The highest BCUT2D eigenvalue weighted by molar-refractivity contribution is 9.10. The second-order valence-corrected chi connectivity index (χ2v) is 7.20. The third kappa shape index (κ3) is 2.32. The first-order valence-electron chi connectivity index (χ1n) is 6.95. The first-order chi connectivity index (χ1) is 10.2. The van der Waals surface area contributed by atoms with Gasteiger partial charge < -0.3 is 15.3 Å². The number of rotatable bonds is 2. The van der Waals surface area contributed by atoms with E-state index >= 15 is 0 Å². The van der Waals surface area contributed by atoms with Crippen molar-refractivity contribution in [2.45, 2.75) is 25.3 Å². The Bertz CT molecular complexity index is 863. The van der Waals surface area contributed by atoms with Crippen molar-refractivity contribution in [2.24, 2.45) is 0 Å². The van der Waals surface area contributed by atoms with E-state index in [1.165, 1.54) is 23.3 Å². The van der Waals surface area contributed by atoms with Gasteiger partial charge in [0.1, 0.15) is 0 Å². The van der Waals surface area contributed by atoms with Crippen LogP contribution in [0.25, 0.3) is 11.0 Å². The molecule has 0 amide bonds. The predicted molar refractivity (Wildman–Crippen MR) is 90.2 cm³/mol. The van der Waals surface area contributed by atoms with Crippen LogP contribution in [0.2, 0.25) is 0 Å². The van der Waals surface area contributed by atoms with Gasteiger partial charge in [0.25, 0.3) is 0 Å². The first kappa shape index (κ1) is 13.2. The SMILES string of the molecule is O=c1[nH]c2cc(Br)c(NC3CCCc4sccc43)cc2[nH]1. The molecule has 4 nitrogen and oxygen atoms in total. The van der Waals surface area contributed by atoms with Gasteiger partial charge in [0.15, 0.2) is 0 Å². The van der Waals surface area contributed by atoms with Gasteiger partial charge in [-0.15, -0.1) is 11.3 Å². The summed E-state index contributed by atoms with van der Waals surface area (Å²) in [5.41, 5.74) is 3.90. The quantitative estimate of drug-likeness (QED) is 0.639. The van der Waals surface area contributed by atoms with Crippen LogP contribution in [-0.2, 0) is 6.42 Å². The molecule has 0 spiro atoms. The van der Waals surface area contributed by atoms with Crippen molar-refractivity contribution in [1.82, 2.24) is 9.97 Å². The Morgan fingerprint density at radius 2 is 2.10 bits per heavy atom. The Balaban J connectivity index is 1.72. The number of H-pyrrole nitrogens is 2. The number of anilines is 1. The fourth-order valence-electron chi connectivity index (χ4n) is 2.99. The van der Waals surface area contributed by atoms with Crippen molar-refractivity contribution in [3.8, 4) is 0 Å². The van der Waals surface area contributed by atoms with Gasteiger partial charge in [0.05, 0.1) is 22.8 Å². The molecule has 2 aromatic heterocycles. The molecule has 108 valence electrons. The van der Waals surface area contributed by atoms with Crippen LogP contribution >= 0.6 is 27.3 Å². The Morgan fingerprint density at radius 3 is 2.95 bits per heavy atom. The molecule has 3 N–H and O–H groups in total. The van der Waals surface area contributed by atoms with Crippen LogP contribution in [0.4, 0.5) is 5.69 Å². The van der Waals surface area contributed by atoms with Gasteiger partial charge in [-0.2, -0.15) is 0 Å². The number of hydrogen-bond donors (Lipinski definition) is 3. The lowest BCUT2D eigenvalue weighted by Gasteiger charge is -2.25. The Kier molecular flexibility index (Phi) is 3.15. The van der Waals surface area contributed by atoms with E-state index in [0.29, 0.717) is 6.04 Å². The molecule has 0 fully saturated rings. The zero-order valence-corrected chi connectivity index (χ0v) is 13.6.